The van der Waals surface area contributed by atoms with Crippen LogP contribution >= 0.6 is 0 Å². The minimum Gasteiger partial charge on any atom is -0.382 e. The van der Waals surface area contributed by atoms with Crippen LogP contribution in [0.15, 0.2) is 66.9 Å². The predicted molar refractivity (Wildman–Crippen MR) is 167 cm³/mol. The van der Waals surface area contributed by atoms with E-state index >= 15 is 0 Å². The number of aryl methyl sites for hydroxylation is 1. The second-order valence-corrected chi connectivity index (χ2v) is 11.2. The molecule has 0 aliphatic carbocycles. The normalized spacial score (nSPS) is 15.7. The van der Waals surface area contributed by atoms with Gasteiger partial charge in [0.1, 0.15) is 28.5 Å². The van der Waals surface area contributed by atoms with Gasteiger partial charge in [0.2, 0.25) is 0 Å². The van der Waals surface area contributed by atoms with Gasteiger partial charge in [-0.1, -0.05) is 36.4 Å². The number of halogens is 3. The number of urea groups is 1. The maximum atomic E-state index is 13.4. The Morgan fingerprint density at radius 1 is 1.02 bits per heavy atom. The van der Waals surface area contributed by atoms with Crippen molar-refractivity contribution in [3.05, 3.63) is 83.9 Å². The van der Waals surface area contributed by atoms with Gasteiger partial charge in [-0.05, 0) is 63.0 Å². The highest BCUT2D eigenvalue weighted by atomic mass is 19.4. The van der Waals surface area contributed by atoms with Crippen LogP contribution in [0.5, 0.6) is 0 Å². The molecule has 1 atom stereocenters. The molecular formula is C32H31F3N8O2. The van der Waals surface area contributed by atoms with E-state index in [0.717, 1.165) is 43.5 Å². The van der Waals surface area contributed by atoms with Crippen molar-refractivity contribution in [2.75, 3.05) is 36.5 Å². The topological polar surface area (TPSA) is 130 Å². The summed E-state index contributed by atoms with van der Waals surface area (Å²) in [7, 11) is 2.03. The van der Waals surface area contributed by atoms with Crippen LogP contribution in [0, 0.1) is 6.92 Å². The van der Waals surface area contributed by atoms with Gasteiger partial charge in [-0.2, -0.15) is 13.2 Å². The number of likely N-dealkylation sites (N-methyl/N-ethyl adjacent to an activating group) is 1. The Kier molecular flexibility index (Phi) is 7.79. The van der Waals surface area contributed by atoms with Gasteiger partial charge in [-0.3, -0.25) is 9.20 Å². The average Bonchev–Trinajstić information content (AvgIpc) is 3.34. The van der Waals surface area contributed by atoms with E-state index in [1.807, 2.05) is 25.2 Å². The van der Waals surface area contributed by atoms with Crippen LogP contribution in [-0.2, 0) is 6.18 Å². The van der Waals surface area contributed by atoms with Gasteiger partial charge in [0, 0.05) is 29.2 Å². The van der Waals surface area contributed by atoms with Crippen LogP contribution in [0.3, 0.4) is 0 Å². The van der Waals surface area contributed by atoms with Gasteiger partial charge in [0.15, 0.2) is 0 Å². The highest BCUT2D eigenvalue weighted by molar-refractivity contribution is 6.11. The number of nitrogen functional groups attached to an aromatic ring is 1. The summed E-state index contributed by atoms with van der Waals surface area (Å²) in [6, 6.07) is 14.5. The molecule has 1 aliphatic rings. The van der Waals surface area contributed by atoms with Crippen LogP contribution in [0.4, 0.5) is 35.2 Å². The molecule has 3 amide bonds. The molecule has 0 unspecified atom stereocenters. The number of rotatable bonds is 5. The zero-order valence-electron chi connectivity index (χ0n) is 24.6. The number of hydrogen-bond donors (Lipinski definition) is 4. The average molecular weight is 617 g/mol. The number of anilines is 3. The van der Waals surface area contributed by atoms with Gasteiger partial charge in [-0.15, -0.1) is 0 Å². The smallest absolute Gasteiger partial charge is 0.382 e. The largest absolute Gasteiger partial charge is 0.416 e. The zero-order chi connectivity index (χ0) is 31.9. The highest BCUT2D eigenvalue weighted by Gasteiger charge is 2.30. The van der Waals surface area contributed by atoms with Crippen molar-refractivity contribution in [1.29, 1.82) is 0 Å². The molecule has 1 saturated heterocycles. The molecule has 1 aliphatic heterocycles. The molecule has 0 saturated carbocycles. The minimum absolute atomic E-state index is 0.00142. The maximum Gasteiger partial charge on any atom is 0.416 e. The molecule has 0 spiro atoms. The molecule has 232 valence electrons. The Hall–Kier alpha value is -5.17. The molecule has 1 fully saturated rings. The van der Waals surface area contributed by atoms with E-state index in [-0.39, 0.29) is 23.5 Å². The molecule has 0 bridgehead atoms. The lowest BCUT2D eigenvalue weighted by molar-refractivity contribution is -0.137. The second-order valence-electron chi connectivity index (χ2n) is 11.2. The zero-order valence-corrected chi connectivity index (χ0v) is 24.6. The fraction of sp³-hybridized carbons (Fsp3) is 0.250. The van der Waals surface area contributed by atoms with Gasteiger partial charge in [0.05, 0.1) is 17.4 Å². The second kappa shape index (κ2) is 11.7. The Bertz CT molecular complexity index is 1940. The number of nitrogens with one attached hydrogen (secondary N) is 3. The summed E-state index contributed by atoms with van der Waals surface area (Å²) >= 11 is 0. The number of carbonyl (C=O) groups is 2. The number of nitrogens with zero attached hydrogens (tertiary/aromatic N) is 4. The van der Waals surface area contributed by atoms with E-state index in [2.05, 4.69) is 25.8 Å². The summed E-state index contributed by atoms with van der Waals surface area (Å²) in [5, 5.41) is 9.72. The summed E-state index contributed by atoms with van der Waals surface area (Å²) in [6.45, 7) is 3.54. The molecule has 3 heterocycles. The number of benzene rings is 3. The molecule has 2 aromatic heterocycles. The number of nitrogens with two attached hydrogens (primary N) is 1. The molecule has 5 N–H and O–H groups in total. The first-order valence-corrected chi connectivity index (χ1v) is 14.4. The maximum absolute atomic E-state index is 13.4. The monoisotopic (exact) mass is 616 g/mol. The van der Waals surface area contributed by atoms with Crippen molar-refractivity contribution >= 4 is 45.4 Å². The number of aromatic nitrogens is 3. The lowest BCUT2D eigenvalue weighted by atomic mass is 10.00. The Labute approximate surface area is 256 Å². The highest BCUT2D eigenvalue weighted by Crippen LogP contribution is 2.37. The number of fused-ring (bicyclic) bond motifs is 2. The SMILES string of the molecule is Cc1nc(-c2ccc(NC(=O)Nc3cccc(C(F)(F)F)c3)c3ccccc23)c2c(N)ncc(C(=O)N[C@@H]3CCCN(C)C3)n12. The summed E-state index contributed by atoms with van der Waals surface area (Å²) in [5.74, 6) is 0.481. The van der Waals surface area contributed by atoms with Gasteiger partial charge in [-0.25, -0.2) is 14.8 Å². The third-order valence-electron chi connectivity index (χ3n) is 7.92. The van der Waals surface area contributed by atoms with E-state index in [1.54, 1.807) is 29.5 Å². The van der Waals surface area contributed by atoms with E-state index in [4.69, 9.17) is 10.7 Å². The first-order chi connectivity index (χ1) is 21.5. The number of imidazole rings is 1. The quantitative estimate of drug-likeness (QED) is 0.194. The lowest BCUT2D eigenvalue weighted by Crippen LogP contribution is -2.46. The standard InChI is InChI=1S/C32H31F3N8O2/c1-18-38-27(28-29(36)37-16-26(43(18)28)30(44)39-21-9-6-14-42(2)17-21)24-12-13-25(23-11-4-3-10-22(23)24)41-31(45)40-20-8-5-7-19(15-20)32(33,34)35/h3-5,7-8,10-13,15-16,21H,6,9,14,17H2,1-2H3,(H2,36,37)(H,39,44)(H2,40,41,45)/t21-/m1/s1. The van der Waals surface area contributed by atoms with Crippen molar-refractivity contribution < 1.29 is 22.8 Å². The number of likely N-dealkylation sites (tertiary alicyclic amines) is 1. The number of amides is 3. The van der Waals surface area contributed by atoms with Crippen molar-refractivity contribution in [3.8, 4) is 11.3 Å². The minimum atomic E-state index is -4.54. The van der Waals surface area contributed by atoms with Crippen molar-refractivity contribution in [1.82, 2.24) is 24.6 Å². The van der Waals surface area contributed by atoms with Crippen molar-refractivity contribution in [2.45, 2.75) is 32.0 Å². The summed E-state index contributed by atoms with van der Waals surface area (Å²) < 4.78 is 41.1. The van der Waals surface area contributed by atoms with Crippen molar-refractivity contribution in [3.63, 3.8) is 0 Å². The van der Waals surface area contributed by atoms with Crippen LogP contribution in [0.2, 0.25) is 0 Å². The Morgan fingerprint density at radius 2 is 1.80 bits per heavy atom. The van der Waals surface area contributed by atoms with Crippen LogP contribution < -0.4 is 21.7 Å². The number of hydrogen-bond acceptors (Lipinski definition) is 6. The molecular weight excluding hydrogens is 585 g/mol. The van der Waals surface area contributed by atoms with Gasteiger partial charge < -0.3 is 26.6 Å². The van der Waals surface area contributed by atoms with E-state index in [9.17, 15) is 22.8 Å². The molecule has 6 rings (SSSR count). The fourth-order valence-electron chi connectivity index (χ4n) is 5.88. The van der Waals surface area contributed by atoms with E-state index in [1.165, 1.54) is 18.3 Å². The number of alkyl halides is 3. The number of piperidine rings is 1. The summed E-state index contributed by atoms with van der Waals surface area (Å²) in [6.07, 6.45) is -1.20. The van der Waals surface area contributed by atoms with Crippen LogP contribution in [-0.4, -0.2) is 57.4 Å². The van der Waals surface area contributed by atoms with Gasteiger partial charge in [0.25, 0.3) is 5.91 Å². The summed E-state index contributed by atoms with van der Waals surface area (Å²) in [5.41, 5.74) is 7.96. The summed E-state index contributed by atoms with van der Waals surface area (Å²) in [4.78, 5) is 37.6. The first kappa shape index (κ1) is 29.9. The molecule has 5 aromatic rings. The fourth-order valence-corrected chi connectivity index (χ4v) is 5.88. The first-order valence-electron chi connectivity index (χ1n) is 14.4. The van der Waals surface area contributed by atoms with Crippen LogP contribution in [0.1, 0.15) is 34.7 Å². The number of carbonyl (C=O) groups excluding carboxylic acids is 2. The molecule has 45 heavy (non-hydrogen) atoms. The molecule has 13 heteroatoms. The predicted octanol–water partition coefficient (Wildman–Crippen LogP) is 5.93. The van der Waals surface area contributed by atoms with Gasteiger partial charge >= 0.3 is 12.2 Å². The third kappa shape index (κ3) is 5.98. The van der Waals surface area contributed by atoms with Crippen molar-refractivity contribution in [2.24, 2.45) is 0 Å². The van der Waals surface area contributed by atoms with Crippen LogP contribution in [0.25, 0.3) is 27.5 Å². The van der Waals surface area contributed by atoms with E-state index < -0.39 is 17.8 Å². The molecule has 3 aromatic carbocycles. The molecule has 0 radical (unpaired) electrons. The lowest BCUT2D eigenvalue weighted by Gasteiger charge is -2.30. The Balaban J connectivity index is 1.33. The van der Waals surface area contributed by atoms with E-state index in [0.29, 0.717) is 39.4 Å². The third-order valence-corrected chi connectivity index (χ3v) is 7.92. The molecule has 10 nitrogen and oxygen atoms in total. The Morgan fingerprint density at radius 3 is 2.56 bits per heavy atom.